The minimum atomic E-state index is -5.93. The highest BCUT2D eigenvalue weighted by Crippen LogP contribution is 2.45. The van der Waals surface area contributed by atoms with E-state index in [-0.39, 0.29) is 47.6 Å². The molecule has 0 N–H and O–H groups in total. The number of nitrogens with zero attached hydrogens (tertiary/aromatic N) is 1. The first-order chi connectivity index (χ1) is 21.8. The average molecular weight is 714 g/mol. The van der Waals surface area contributed by atoms with Gasteiger partial charge in [0.15, 0.2) is 12.1 Å². The van der Waals surface area contributed by atoms with Crippen LogP contribution in [0.25, 0.3) is 0 Å². The summed E-state index contributed by atoms with van der Waals surface area (Å²) in [5, 5.41) is 0. The molecule has 2 rings (SSSR count). The van der Waals surface area contributed by atoms with Crippen LogP contribution in [0.4, 0.5) is 13.2 Å². The molecule has 5 atom stereocenters. The normalized spacial score (nSPS) is 23.3. The third kappa shape index (κ3) is 10.6. The van der Waals surface area contributed by atoms with Gasteiger partial charge in [-0.1, -0.05) is 78.7 Å². The fourth-order valence-corrected chi connectivity index (χ4v) is 12.5. The van der Waals surface area contributed by atoms with Gasteiger partial charge >= 0.3 is 15.6 Å². The molecule has 1 aromatic rings. The Morgan fingerprint density at radius 1 is 1.13 bits per heavy atom. The van der Waals surface area contributed by atoms with Crippen molar-refractivity contribution in [1.29, 1.82) is 0 Å². The molecule has 47 heavy (non-hydrogen) atoms. The Labute approximate surface area is 279 Å². The molecule has 1 aliphatic heterocycles. The minimum absolute atomic E-state index is 0.0242. The van der Waals surface area contributed by atoms with Gasteiger partial charge in [0, 0.05) is 34.2 Å². The molecule has 0 aromatic carbocycles. The summed E-state index contributed by atoms with van der Waals surface area (Å²) in [6.45, 7) is 17.3. The molecule has 10 nitrogen and oxygen atoms in total. The van der Waals surface area contributed by atoms with Crippen LogP contribution in [0.15, 0.2) is 34.5 Å². The first-order valence-corrected chi connectivity index (χ1v) is 19.6. The van der Waals surface area contributed by atoms with Crippen molar-refractivity contribution in [3.8, 4) is 5.88 Å². The Bertz CT molecular complexity index is 1260. The van der Waals surface area contributed by atoms with E-state index in [1.807, 2.05) is 19.1 Å². The lowest BCUT2D eigenvalue weighted by molar-refractivity contribution is -0.297. The van der Waals surface area contributed by atoms with E-state index >= 15 is 0 Å². The highest BCUT2D eigenvalue weighted by Gasteiger charge is 2.52. The van der Waals surface area contributed by atoms with Crippen LogP contribution in [-0.4, -0.2) is 78.8 Å². The van der Waals surface area contributed by atoms with Crippen LogP contribution < -0.4 is 4.18 Å². The summed E-state index contributed by atoms with van der Waals surface area (Å²) >= 11 is 0. The van der Waals surface area contributed by atoms with Gasteiger partial charge < -0.3 is 32.0 Å². The van der Waals surface area contributed by atoms with Gasteiger partial charge in [-0.05, 0) is 30.0 Å². The van der Waals surface area contributed by atoms with Crippen molar-refractivity contribution in [3.63, 3.8) is 0 Å². The zero-order valence-electron chi connectivity index (χ0n) is 29.5. The molecule has 0 saturated carbocycles. The summed E-state index contributed by atoms with van der Waals surface area (Å²) in [4.78, 5) is 3.83. The van der Waals surface area contributed by atoms with Gasteiger partial charge in [0.05, 0.1) is 30.8 Å². The average Bonchev–Trinajstić information content (AvgIpc) is 3.41. The zero-order chi connectivity index (χ0) is 35.8. The lowest BCUT2D eigenvalue weighted by Gasteiger charge is -2.49. The maximum absolute atomic E-state index is 12.9. The second-order valence-electron chi connectivity index (χ2n) is 13.0. The summed E-state index contributed by atoms with van der Waals surface area (Å²) in [6, 6.07) is 0. The monoisotopic (exact) mass is 713 g/mol. The third-order valence-electron chi connectivity index (χ3n) is 8.83. The molecule has 0 aliphatic carbocycles. The largest absolute Gasteiger partial charge is 0.534 e. The first-order valence-electron chi connectivity index (χ1n) is 16.1. The standard InChI is InChI=1S/C32H54F3NO9SSi/c1-12-13-25(39-9)15-14-24(8)16-28(45-47(21(2)3,22(4)5)23(6)7)27-17-26(40-10)18-31(41-11,43-27)19-29-36-30(20-42-29)44-46(37,38)32(33,34)35/h14-16,20-23,25-28H,12-13,17-19H2,1-11H3/b15-14+,24-16+/t25-,26-,27-,28+,31+/m1/s1. The van der Waals surface area contributed by atoms with Crippen LogP contribution in [0.1, 0.15) is 87.0 Å². The summed E-state index contributed by atoms with van der Waals surface area (Å²) in [6.07, 6.45) is 7.76. The lowest BCUT2D eigenvalue weighted by Crippen LogP contribution is -2.57. The molecule has 272 valence electrons. The molecule has 0 bridgehead atoms. The van der Waals surface area contributed by atoms with Gasteiger partial charge in [-0.3, -0.25) is 0 Å². The third-order valence-corrected chi connectivity index (χ3v) is 15.9. The maximum Gasteiger partial charge on any atom is 0.534 e. The number of allylic oxidation sites excluding steroid dienone is 2. The number of halogens is 3. The van der Waals surface area contributed by atoms with Crippen LogP contribution in [0.3, 0.4) is 0 Å². The van der Waals surface area contributed by atoms with Gasteiger partial charge in [0.1, 0.15) is 0 Å². The smallest absolute Gasteiger partial charge is 0.445 e. The van der Waals surface area contributed by atoms with Crippen LogP contribution in [0, 0.1) is 0 Å². The van der Waals surface area contributed by atoms with Crippen molar-refractivity contribution < 1.29 is 53.6 Å². The van der Waals surface area contributed by atoms with E-state index < -0.39 is 47.8 Å². The van der Waals surface area contributed by atoms with Crippen LogP contribution in [0.5, 0.6) is 5.88 Å². The second kappa shape index (κ2) is 17.3. The Balaban J connectivity index is 2.56. The summed E-state index contributed by atoms with van der Waals surface area (Å²) < 4.78 is 102. The Morgan fingerprint density at radius 2 is 1.74 bits per heavy atom. The maximum atomic E-state index is 12.9. The molecular formula is C32H54F3NO9SSi. The lowest BCUT2D eigenvalue weighted by atomic mass is 9.92. The van der Waals surface area contributed by atoms with Crippen molar-refractivity contribution in [1.82, 2.24) is 4.98 Å². The van der Waals surface area contributed by atoms with E-state index in [4.69, 9.17) is 27.8 Å². The highest BCUT2D eigenvalue weighted by atomic mass is 32.2. The van der Waals surface area contributed by atoms with Crippen molar-refractivity contribution in [3.05, 3.63) is 36.0 Å². The fraction of sp³-hybridized carbons (Fsp3) is 0.781. The molecule has 0 amide bonds. The molecule has 0 radical (unpaired) electrons. The van der Waals surface area contributed by atoms with Crippen molar-refractivity contribution in [2.75, 3.05) is 21.3 Å². The molecule has 1 aliphatic rings. The van der Waals surface area contributed by atoms with Gasteiger partial charge in [0.25, 0.3) is 5.88 Å². The number of hydrogen-bond acceptors (Lipinski definition) is 10. The number of methoxy groups -OCH3 is 3. The summed E-state index contributed by atoms with van der Waals surface area (Å²) in [5.74, 6) is -2.39. The minimum Gasteiger partial charge on any atom is -0.445 e. The van der Waals surface area contributed by atoms with Crippen molar-refractivity contribution >= 4 is 18.4 Å². The van der Waals surface area contributed by atoms with E-state index in [1.54, 1.807) is 14.2 Å². The summed E-state index contributed by atoms with van der Waals surface area (Å²) in [7, 11) is -3.67. The van der Waals surface area contributed by atoms with Crippen LogP contribution >= 0.6 is 0 Å². The van der Waals surface area contributed by atoms with Gasteiger partial charge in [-0.15, -0.1) is 0 Å². The van der Waals surface area contributed by atoms with Gasteiger partial charge in [-0.2, -0.15) is 26.6 Å². The Kier molecular flexibility index (Phi) is 15.2. The van der Waals surface area contributed by atoms with Gasteiger partial charge in [0.2, 0.25) is 14.2 Å². The van der Waals surface area contributed by atoms with E-state index in [0.717, 1.165) is 18.4 Å². The van der Waals surface area contributed by atoms with Gasteiger partial charge in [-0.25, -0.2) is 0 Å². The Morgan fingerprint density at radius 3 is 2.23 bits per heavy atom. The molecule has 15 heteroatoms. The van der Waals surface area contributed by atoms with E-state index in [0.29, 0.717) is 12.7 Å². The predicted octanol–water partition coefficient (Wildman–Crippen LogP) is 7.86. The van der Waals surface area contributed by atoms with Crippen molar-refractivity contribution in [2.45, 2.75) is 140 Å². The molecule has 0 spiro atoms. The highest BCUT2D eigenvalue weighted by molar-refractivity contribution is 7.87. The van der Waals surface area contributed by atoms with Crippen LogP contribution in [0.2, 0.25) is 16.6 Å². The van der Waals surface area contributed by atoms with E-state index in [9.17, 15) is 21.6 Å². The first kappa shape index (κ1) is 41.4. The topological polar surface area (TPSA) is 116 Å². The molecule has 1 aromatic heterocycles. The molecule has 1 fully saturated rings. The molecule has 0 unspecified atom stereocenters. The number of oxazole rings is 1. The van der Waals surface area contributed by atoms with Crippen LogP contribution in [-0.2, 0) is 39.9 Å². The predicted molar refractivity (Wildman–Crippen MR) is 175 cm³/mol. The zero-order valence-corrected chi connectivity index (χ0v) is 31.4. The molecule has 2 heterocycles. The van der Waals surface area contributed by atoms with E-state index in [1.165, 1.54) is 7.11 Å². The number of alkyl halides is 3. The Hall–Kier alpha value is -1.75. The van der Waals surface area contributed by atoms with Crippen molar-refractivity contribution in [2.24, 2.45) is 0 Å². The molecular weight excluding hydrogens is 659 g/mol. The SMILES string of the molecule is CCC[C@H](/C=C/C(C)=C/[C@H](O[Si](C(C)C)(C(C)C)C(C)C)[C@H]1C[C@@H](OC)C[C@](Cc2nc(OS(=O)(=O)C(F)(F)F)co2)(OC)O1)OC. The number of hydrogen-bond donors (Lipinski definition) is 0. The summed E-state index contributed by atoms with van der Waals surface area (Å²) in [5.41, 5.74) is -3.82. The fourth-order valence-electron chi connectivity index (χ4n) is 6.58. The second-order valence-corrected chi connectivity index (χ2v) is 20.0. The quantitative estimate of drug-likeness (QED) is 0.0645. The number of aromatic nitrogens is 1. The molecule has 1 saturated heterocycles. The number of ether oxygens (including phenoxy) is 4. The van der Waals surface area contributed by atoms with E-state index in [2.05, 4.69) is 63.7 Å². The number of rotatable bonds is 18.